The first-order valence-electron chi connectivity index (χ1n) is 6.32. The fraction of sp³-hybridized carbons (Fsp3) is 0.833. The molecule has 1 aliphatic heterocycles. The van der Waals surface area contributed by atoms with Gasteiger partial charge in [-0.15, -0.1) is 0 Å². The van der Waals surface area contributed by atoms with Crippen LogP contribution >= 0.6 is 0 Å². The van der Waals surface area contributed by atoms with Crippen LogP contribution in [0.1, 0.15) is 26.7 Å². The second-order valence-electron chi connectivity index (χ2n) is 4.67. The van der Waals surface area contributed by atoms with Gasteiger partial charge in [0.25, 0.3) is 0 Å². The van der Waals surface area contributed by atoms with Gasteiger partial charge < -0.3 is 20.1 Å². The van der Waals surface area contributed by atoms with Gasteiger partial charge in [0.2, 0.25) is 0 Å². The smallest absolute Gasteiger partial charge is 0.317 e. The van der Waals surface area contributed by atoms with Crippen LogP contribution in [0.15, 0.2) is 0 Å². The van der Waals surface area contributed by atoms with Crippen molar-refractivity contribution >= 4 is 12.0 Å². The number of carbonyl (C=O) groups excluding carboxylic acids is 1. The molecule has 6 heteroatoms. The molecule has 3 unspecified atom stereocenters. The minimum Gasteiger partial charge on any atom is -0.481 e. The van der Waals surface area contributed by atoms with Gasteiger partial charge in [-0.25, -0.2) is 4.79 Å². The molecular weight excluding hydrogens is 236 g/mol. The zero-order valence-corrected chi connectivity index (χ0v) is 11.2. The van der Waals surface area contributed by atoms with Crippen molar-refractivity contribution in [2.24, 2.45) is 5.92 Å². The summed E-state index contributed by atoms with van der Waals surface area (Å²) < 4.78 is 5.41. The Balaban J connectivity index is 2.42. The summed E-state index contributed by atoms with van der Waals surface area (Å²) in [4.78, 5) is 24.3. The maximum Gasteiger partial charge on any atom is 0.317 e. The predicted molar refractivity (Wildman–Crippen MR) is 66.4 cm³/mol. The molecule has 0 aliphatic carbocycles. The third-order valence-corrected chi connectivity index (χ3v) is 3.50. The first-order valence-corrected chi connectivity index (χ1v) is 6.32. The highest BCUT2D eigenvalue weighted by Gasteiger charge is 2.30. The fourth-order valence-electron chi connectivity index (χ4n) is 2.12. The number of hydrogen-bond donors (Lipinski definition) is 2. The van der Waals surface area contributed by atoms with Crippen molar-refractivity contribution in [3.8, 4) is 0 Å². The lowest BCUT2D eigenvalue weighted by Crippen LogP contribution is -2.47. The SMILES string of the molecule is CCC(CNC(=O)N(C)C1CCOC1C)C(=O)O. The summed E-state index contributed by atoms with van der Waals surface area (Å²) in [6.07, 6.45) is 1.35. The fourth-order valence-corrected chi connectivity index (χ4v) is 2.12. The molecule has 0 saturated carbocycles. The van der Waals surface area contributed by atoms with Gasteiger partial charge in [0.15, 0.2) is 0 Å². The Hall–Kier alpha value is -1.30. The normalized spacial score (nSPS) is 24.6. The summed E-state index contributed by atoms with van der Waals surface area (Å²) in [5.74, 6) is -1.40. The van der Waals surface area contributed by atoms with Crippen LogP contribution in [0.5, 0.6) is 0 Å². The molecule has 2 N–H and O–H groups in total. The molecule has 1 rings (SSSR count). The van der Waals surface area contributed by atoms with E-state index in [1.807, 2.05) is 6.92 Å². The number of nitrogens with one attached hydrogen (secondary N) is 1. The zero-order valence-electron chi connectivity index (χ0n) is 11.2. The highest BCUT2D eigenvalue weighted by atomic mass is 16.5. The molecule has 1 saturated heterocycles. The van der Waals surface area contributed by atoms with Crippen molar-refractivity contribution in [2.45, 2.75) is 38.8 Å². The van der Waals surface area contributed by atoms with E-state index in [1.165, 1.54) is 0 Å². The summed E-state index contributed by atoms with van der Waals surface area (Å²) in [6, 6.07) is -0.174. The van der Waals surface area contributed by atoms with Gasteiger partial charge in [0, 0.05) is 20.2 Å². The van der Waals surface area contributed by atoms with E-state index in [1.54, 1.807) is 18.9 Å². The van der Waals surface area contributed by atoms with Crippen LogP contribution in [0.25, 0.3) is 0 Å². The Labute approximate surface area is 107 Å². The maximum atomic E-state index is 11.9. The number of nitrogens with zero attached hydrogens (tertiary/aromatic N) is 1. The summed E-state index contributed by atoms with van der Waals surface area (Å²) in [7, 11) is 1.72. The van der Waals surface area contributed by atoms with Gasteiger partial charge in [0.1, 0.15) is 0 Å². The first-order chi connectivity index (χ1) is 8.47. The lowest BCUT2D eigenvalue weighted by molar-refractivity contribution is -0.141. The Bertz CT molecular complexity index is 308. The zero-order chi connectivity index (χ0) is 13.7. The third kappa shape index (κ3) is 3.60. The number of carboxylic acids is 1. The van der Waals surface area contributed by atoms with E-state index in [-0.39, 0.29) is 24.7 Å². The van der Waals surface area contributed by atoms with Gasteiger partial charge in [-0.1, -0.05) is 6.92 Å². The summed E-state index contributed by atoms with van der Waals surface area (Å²) in [5.41, 5.74) is 0. The minimum absolute atomic E-state index is 0.0298. The van der Waals surface area contributed by atoms with Crippen LogP contribution in [0.4, 0.5) is 4.79 Å². The van der Waals surface area contributed by atoms with E-state index < -0.39 is 11.9 Å². The second-order valence-corrected chi connectivity index (χ2v) is 4.67. The summed E-state index contributed by atoms with van der Waals surface area (Å²) >= 11 is 0. The predicted octanol–water partition coefficient (Wildman–Crippen LogP) is 0.916. The molecule has 0 aromatic rings. The molecule has 104 valence electrons. The van der Waals surface area contributed by atoms with Crippen LogP contribution in [0.3, 0.4) is 0 Å². The molecule has 3 atom stereocenters. The molecule has 0 aromatic carbocycles. The topological polar surface area (TPSA) is 78.9 Å². The van der Waals surface area contributed by atoms with Crippen LogP contribution in [0, 0.1) is 5.92 Å². The number of carboxylic acid groups (broad SMARTS) is 1. The van der Waals surface area contributed by atoms with Gasteiger partial charge in [-0.2, -0.15) is 0 Å². The van der Waals surface area contributed by atoms with E-state index in [4.69, 9.17) is 9.84 Å². The monoisotopic (exact) mass is 258 g/mol. The average Bonchev–Trinajstić information content (AvgIpc) is 2.74. The molecule has 6 nitrogen and oxygen atoms in total. The average molecular weight is 258 g/mol. The van der Waals surface area contributed by atoms with Crippen molar-refractivity contribution in [3.05, 3.63) is 0 Å². The van der Waals surface area contributed by atoms with E-state index in [2.05, 4.69) is 5.32 Å². The highest BCUT2D eigenvalue weighted by molar-refractivity contribution is 5.76. The van der Waals surface area contributed by atoms with E-state index in [0.29, 0.717) is 13.0 Å². The van der Waals surface area contributed by atoms with Crippen molar-refractivity contribution in [2.75, 3.05) is 20.2 Å². The first kappa shape index (κ1) is 14.8. The lowest BCUT2D eigenvalue weighted by Gasteiger charge is -2.27. The number of amides is 2. The van der Waals surface area contributed by atoms with Crippen molar-refractivity contribution in [1.29, 1.82) is 0 Å². The molecule has 18 heavy (non-hydrogen) atoms. The van der Waals surface area contributed by atoms with Gasteiger partial charge >= 0.3 is 12.0 Å². The van der Waals surface area contributed by atoms with Crippen LogP contribution < -0.4 is 5.32 Å². The van der Waals surface area contributed by atoms with E-state index in [9.17, 15) is 9.59 Å². The number of likely N-dealkylation sites (N-methyl/N-ethyl adjacent to an activating group) is 1. The molecule has 2 amide bonds. The van der Waals surface area contributed by atoms with Gasteiger partial charge in [-0.05, 0) is 19.8 Å². The second kappa shape index (κ2) is 6.58. The Kier molecular flexibility index (Phi) is 5.40. The third-order valence-electron chi connectivity index (χ3n) is 3.50. The van der Waals surface area contributed by atoms with Crippen molar-refractivity contribution in [1.82, 2.24) is 10.2 Å². The molecular formula is C12H22N2O4. The van der Waals surface area contributed by atoms with Crippen molar-refractivity contribution in [3.63, 3.8) is 0 Å². The number of aliphatic carboxylic acids is 1. The van der Waals surface area contributed by atoms with Crippen LogP contribution in [-0.2, 0) is 9.53 Å². The number of ether oxygens (including phenoxy) is 1. The number of rotatable bonds is 5. The molecule has 0 bridgehead atoms. The Morgan fingerprint density at radius 2 is 2.22 bits per heavy atom. The standard InChI is InChI=1S/C12H22N2O4/c1-4-9(11(15)16)7-13-12(17)14(3)10-5-6-18-8(10)2/h8-10H,4-7H2,1-3H3,(H,13,17)(H,15,16). The van der Waals surface area contributed by atoms with Crippen LogP contribution in [-0.4, -0.2) is 54.4 Å². The molecule has 0 aromatic heterocycles. The molecule has 1 fully saturated rings. The van der Waals surface area contributed by atoms with Gasteiger partial charge in [0.05, 0.1) is 18.1 Å². The summed E-state index contributed by atoms with van der Waals surface area (Å²) in [5, 5.41) is 11.6. The van der Waals surface area contributed by atoms with Crippen molar-refractivity contribution < 1.29 is 19.4 Å². The summed E-state index contributed by atoms with van der Waals surface area (Å²) in [6.45, 7) is 4.56. The van der Waals surface area contributed by atoms with Crippen LogP contribution in [0.2, 0.25) is 0 Å². The molecule has 0 spiro atoms. The molecule has 0 radical (unpaired) electrons. The highest BCUT2D eigenvalue weighted by Crippen LogP contribution is 2.18. The van der Waals surface area contributed by atoms with E-state index in [0.717, 1.165) is 6.42 Å². The Morgan fingerprint density at radius 1 is 1.56 bits per heavy atom. The lowest BCUT2D eigenvalue weighted by atomic mass is 10.1. The number of carbonyl (C=O) groups is 2. The number of urea groups is 1. The minimum atomic E-state index is -0.877. The van der Waals surface area contributed by atoms with E-state index >= 15 is 0 Å². The largest absolute Gasteiger partial charge is 0.481 e. The van der Waals surface area contributed by atoms with Gasteiger partial charge in [-0.3, -0.25) is 4.79 Å². The maximum absolute atomic E-state index is 11.9. The number of hydrogen-bond acceptors (Lipinski definition) is 3. The Morgan fingerprint density at radius 3 is 2.67 bits per heavy atom. The molecule has 1 aliphatic rings. The quantitative estimate of drug-likeness (QED) is 0.768. The molecule has 1 heterocycles.